The Morgan fingerprint density at radius 2 is 1.47 bits per heavy atom. The number of ether oxygens (including phenoxy) is 5. The van der Waals surface area contributed by atoms with Crippen LogP contribution in [-0.4, -0.2) is 55.5 Å². The van der Waals surface area contributed by atoms with E-state index in [0.29, 0.717) is 32.3 Å². The average Bonchev–Trinajstić information content (AvgIpc) is 3.06. The third kappa shape index (κ3) is 8.80. The minimum absolute atomic E-state index is 0.0387. The molecule has 0 unspecified atom stereocenters. The number of rotatable bonds is 14. The number of carbonyl (C=O) groups is 1. The molecule has 15 heteroatoms. The molecule has 4 aromatic carbocycles. The lowest BCUT2D eigenvalue weighted by molar-refractivity contribution is -0.119. The number of carbonyl (C=O) groups excluding carboxylic acids is 1. The number of amides is 1. The van der Waals surface area contributed by atoms with Gasteiger partial charge in [0.15, 0.2) is 23.0 Å². The highest BCUT2D eigenvalue weighted by molar-refractivity contribution is 9.10. The first kappa shape index (κ1) is 35.7. The zero-order valence-corrected chi connectivity index (χ0v) is 29.5. The Bertz CT molecular complexity index is 1880. The molecule has 1 amide bonds. The molecule has 0 saturated carbocycles. The van der Waals surface area contributed by atoms with Gasteiger partial charge in [-0.1, -0.05) is 35.3 Å². The van der Waals surface area contributed by atoms with E-state index in [1.165, 1.54) is 71.1 Å². The molecule has 0 saturated heterocycles. The highest BCUT2D eigenvalue weighted by atomic mass is 79.9. The summed E-state index contributed by atoms with van der Waals surface area (Å²) in [5, 5.41) is 4.88. The van der Waals surface area contributed by atoms with Gasteiger partial charge in [-0.2, -0.15) is 5.10 Å². The fourth-order valence-electron chi connectivity index (χ4n) is 4.30. The number of methoxy groups -OCH3 is 4. The molecule has 0 aromatic heterocycles. The van der Waals surface area contributed by atoms with Gasteiger partial charge in [0.1, 0.15) is 18.9 Å². The molecule has 0 spiro atoms. The Morgan fingerprint density at radius 3 is 2.13 bits per heavy atom. The van der Waals surface area contributed by atoms with Gasteiger partial charge in [0.2, 0.25) is 0 Å². The predicted octanol–water partition coefficient (Wildman–Crippen LogP) is 6.71. The maximum atomic E-state index is 14.0. The van der Waals surface area contributed by atoms with Crippen LogP contribution >= 0.6 is 39.1 Å². The molecule has 0 radical (unpaired) electrons. The zero-order valence-electron chi connectivity index (χ0n) is 25.6. The monoisotopic (exact) mass is 765 g/mol. The van der Waals surface area contributed by atoms with Crippen molar-refractivity contribution in [3.63, 3.8) is 0 Å². The lowest BCUT2D eigenvalue weighted by Gasteiger charge is -2.25. The van der Waals surface area contributed by atoms with Gasteiger partial charge in [-0.3, -0.25) is 9.10 Å². The molecule has 0 heterocycles. The maximum Gasteiger partial charge on any atom is 0.265 e. The number of hydrogen-bond acceptors (Lipinski definition) is 9. The predicted molar refractivity (Wildman–Crippen MR) is 184 cm³/mol. The average molecular weight is 767 g/mol. The Kier molecular flexibility index (Phi) is 12.2. The molecule has 0 aliphatic heterocycles. The lowest BCUT2D eigenvalue weighted by Crippen LogP contribution is -2.39. The van der Waals surface area contributed by atoms with E-state index in [-0.39, 0.29) is 33.7 Å². The van der Waals surface area contributed by atoms with Crippen LogP contribution in [0.2, 0.25) is 10.0 Å². The molecule has 1 N–H and O–H groups in total. The van der Waals surface area contributed by atoms with Crippen molar-refractivity contribution in [1.82, 2.24) is 5.43 Å². The zero-order chi connectivity index (χ0) is 34.1. The summed E-state index contributed by atoms with van der Waals surface area (Å²) in [4.78, 5) is 13.0. The summed E-state index contributed by atoms with van der Waals surface area (Å²) in [6, 6.07) is 19.2. The van der Waals surface area contributed by atoms with Crippen molar-refractivity contribution in [2.45, 2.75) is 11.5 Å². The van der Waals surface area contributed by atoms with Crippen molar-refractivity contribution in [1.29, 1.82) is 0 Å². The van der Waals surface area contributed by atoms with Crippen molar-refractivity contribution in [3.05, 3.63) is 98.4 Å². The van der Waals surface area contributed by atoms with E-state index in [0.717, 1.165) is 9.87 Å². The van der Waals surface area contributed by atoms with Gasteiger partial charge < -0.3 is 23.7 Å². The second-order valence-corrected chi connectivity index (χ2v) is 13.2. The minimum atomic E-state index is -4.38. The van der Waals surface area contributed by atoms with Crippen LogP contribution in [-0.2, 0) is 21.4 Å². The number of nitrogens with zero attached hydrogens (tertiary/aromatic N) is 2. The van der Waals surface area contributed by atoms with Gasteiger partial charge in [-0.25, -0.2) is 13.8 Å². The first-order chi connectivity index (χ1) is 22.5. The molecule has 248 valence electrons. The highest BCUT2D eigenvalue weighted by Gasteiger charge is 2.30. The van der Waals surface area contributed by atoms with Gasteiger partial charge >= 0.3 is 0 Å². The molecule has 4 rings (SSSR count). The summed E-state index contributed by atoms with van der Waals surface area (Å²) in [6.07, 6.45) is 1.38. The first-order valence-corrected chi connectivity index (χ1v) is 16.6. The molecule has 0 bridgehead atoms. The number of halogens is 3. The van der Waals surface area contributed by atoms with Crippen LogP contribution in [0.25, 0.3) is 0 Å². The van der Waals surface area contributed by atoms with E-state index in [4.69, 9.17) is 46.9 Å². The molecule has 0 aliphatic carbocycles. The molecular weight excluding hydrogens is 737 g/mol. The van der Waals surface area contributed by atoms with Gasteiger partial charge in [0, 0.05) is 16.1 Å². The fraction of sp³-hybridized carbons (Fsp3) is 0.188. The largest absolute Gasteiger partial charge is 0.495 e. The third-order valence-corrected chi connectivity index (χ3v) is 9.42. The Hall–Kier alpha value is -4.17. The van der Waals surface area contributed by atoms with Crippen LogP contribution in [0.4, 0.5) is 5.69 Å². The van der Waals surface area contributed by atoms with Gasteiger partial charge in [0.05, 0.1) is 49.7 Å². The second-order valence-electron chi connectivity index (χ2n) is 9.59. The van der Waals surface area contributed by atoms with E-state index in [2.05, 4.69) is 26.5 Å². The van der Waals surface area contributed by atoms with Crippen LogP contribution in [0.15, 0.2) is 87.3 Å². The van der Waals surface area contributed by atoms with Gasteiger partial charge in [0.25, 0.3) is 15.9 Å². The van der Waals surface area contributed by atoms with E-state index in [1.54, 1.807) is 24.3 Å². The van der Waals surface area contributed by atoms with Crippen LogP contribution in [0, 0.1) is 0 Å². The number of anilines is 1. The minimum Gasteiger partial charge on any atom is -0.495 e. The standard InChI is InChI=1S/C32H30BrCl2N3O8S/c1-42-27-11-9-23(35)15-26(27)38(47(40,41)24-10-12-28(43-2)29(16-24)44-3)18-31(39)37-36-17-21-13-25(33)32(30(14-21)45-4)46-19-20-5-7-22(34)8-6-20/h5-17H,18-19H2,1-4H3,(H,37,39)/b36-17-. The number of sulfonamides is 1. The fourth-order valence-corrected chi connectivity index (χ4v) is 6.60. The summed E-state index contributed by atoms with van der Waals surface area (Å²) in [5.41, 5.74) is 3.88. The van der Waals surface area contributed by atoms with Crippen molar-refractivity contribution < 1.29 is 36.9 Å². The van der Waals surface area contributed by atoms with Crippen molar-refractivity contribution in [2.75, 3.05) is 39.3 Å². The van der Waals surface area contributed by atoms with E-state index >= 15 is 0 Å². The third-order valence-electron chi connectivity index (χ3n) is 6.59. The quantitative estimate of drug-likeness (QED) is 0.111. The van der Waals surface area contributed by atoms with Crippen LogP contribution in [0.3, 0.4) is 0 Å². The summed E-state index contributed by atoms with van der Waals surface area (Å²) in [6.45, 7) is -0.398. The smallest absolute Gasteiger partial charge is 0.265 e. The van der Waals surface area contributed by atoms with Crippen LogP contribution < -0.4 is 33.4 Å². The lowest BCUT2D eigenvalue weighted by atomic mass is 10.2. The summed E-state index contributed by atoms with van der Waals surface area (Å²) in [7, 11) is 1.31. The van der Waals surface area contributed by atoms with E-state index < -0.39 is 22.5 Å². The SMILES string of the molecule is COc1ccc(S(=O)(=O)N(CC(=O)N/N=C\c2cc(Br)c(OCc3ccc(Cl)cc3)c(OC)c2)c2cc(Cl)ccc2OC)cc1OC. The Balaban J connectivity index is 1.57. The number of hydrazone groups is 1. The van der Waals surface area contributed by atoms with E-state index in [9.17, 15) is 13.2 Å². The van der Waals surface area contributed by atoms with E-state index in [1.807, 2.05) is 12.1 Å². The van der Waals surface area contributed by atoms with Crippen molar-refractivity contribution in [3.8, 4) is 28.7 Å². The molecule has 11 nitrogen and oxygen atoms in total. The van der Waals surface area contributed by atoms with Gasteiger partial charge in [-0.05, 0) is 81.7 Å². The second kappa shape index (κ2) is 16.1. The molecular formula is C32H30BrCl2N3O8S. The normalized spacial score (nSPS) is 11.2. The number of benzene rings is 4. The molecule has 0 aliphatic rings. The Morgan fingerprint density at radius 1 is 0.830 bits per heavy atom. The summed E-state index contributed by atoms with van der Waals surface area (Å²) in [5.74, 6) is 0.821. The molecule has 47 heavy (non-hydrogen) atoms. The highest BCUT2D eigenvalue weighted by Crippen LogP contribution is 2.38. The maximum absolute atomic E-state index is 14.0. The molecule has 0 fully saturated rings. The number of hydrogen-bond donors (Lipinski definition) is 1. The molecule has 4 aromatic rings. The topological polar surface area (TPSA) is 125 Å². The van der Waals surface area contributed by atoms with Crippen molar-refractivity contribution in [2.24, 2.45) is 5.10 Å². The summed E-state index contributed by atoms with van der Waals surface area (Å²) >= 11 is 15.7. The van der Waals surface area contributed by atoms with Gasteiger partial charge in [-0.15, -0.1) is 0 Å². The van der Waals surface area contributed by atoms with Crippen LogP contribution in [0.1, 0.15) is 11.1 Å². The first-order valence-electron chi connectivity index (χ1n) is 13.7. The molecule has 0 atom stereocenters. The Labute approximate surface area is 291 Å². The van der Waals surface area contributed by atoms with Crippen molar-refractivity contribution >= 4 is 67.0 Å². The number of nitrogens with one attached hydrogen (secondary N) is 1. The van der Waals surface area contributed by atoms with Crippen LogP contribution in [0.5, 0.6) is 28.7 Å². The summed E-state index contributed by atoms with van der Waals surface area (Å²) < 4.78 is 56.8.